The Bertz CT molecular complexity index is 154. The Morgan fingerprint density at radius 2 is 2.33 bits per heavy atom. The lowest BCUT2D eigenvalue weighted by atomic mass is 10.1. The zero-order chi connectivity index (χ0) is 8.27. The maximum Gasteiger partial charge on any atom is 0.312 e. The monoisotopic (exact) mass is 195 g/mol. The van der Waals surface area contributed by atoms with Crippen LogP contribution in [0.4, 0.5) is 0 Å². The van der Waals surface area contributed by atoms with Crippen LogP contribution in [-0.4, -0.2) is 36.9 Å². The molecule has 1 aliphatic heterocycles. The standard InChI is InChI=1S/C7H13NO3.ClH/c1-2-11-7(10)5-3-8-4-6(5)9;/h5-6,8-9H,2-4H2,1H3;1H. The van der Waals surface area contributed by atoms with E-state index < -0.39 is 6.10 Å². The predicted octanol–water partition coefficient (Wildman–Crippen LogP) is -0.448. The number of aliphatic hydroxyl groups excluding tert-OH is 1. The van der Waals surface area contributed by atoms with Crippen LogP contribution in [0, 0.1) is 5.92 Å². The molecule has 2 N–H and O–H groups in total. The molecule has 0 aliphatic carbocycles. The lowest BCUT2D eigenvalue weighted by molar-refractivity contribution is -0.150. The highest BCUT2D eigenvalue weighted by atomic mass is 35.5. The van der Waals surface area contributed by atoms with Crippen molar-refractivity contribution in [1.82, 2.24) is 5.32 Å². The summed E-state index contributed by atoms with van der Waals surface area (Å²) in [6.07, 6.45) is -0.575. The first kappa shape index (κ1) is 11.7. The van der Waals surface area contributed by atoms with E-state index in [2.05, 4.69) is 5.32 Å². The van der Waals surface area contributed by atoms with E-state index in [0.717, 1.165) is 0 Å². The first-order valence-corrected chi connectivity index (χ1v) is 3.81. The SMILES string of the molecule is CCOC(=O)C1CNCC1O.Cl. The van der Waals surface area contributed by atoms with Crippen molar-refractivity contribution < 1.29 is 14.6 Å². The maximum absolute atomic E-state index is 11.0. The second-order valence-electron chi connectivity index (χ2n) is 2.58. The molecule has 0 aromatic heterocycles. The minimum atomic E-state index is -0.575. The number of β-amino-alcohol motifs (C(OH)–C–C–N with tert-alkyl or cyclic N) is 1. The maximum atomic E-state index is 11.0. The Morgan fingerprint density at radius 3 is 2.75 bits per heavy atom. The molecule has 1 fully saturated rings. The van der Waals surface area contributed by atoms with E-state index in [0.29, 0.717) is 19.7 Å². The van der Waals surface area contributed by atoms with E-state index in [-0.39, 0.29) is 24.3 Å². The number of esters is 1. The average molecular weight is 196 g/mol. The number of aliphatic hydroxyl groups is 1. The smallest absolute Gasteiger partial charge is 0.312 e. The largest absolute Gasteiger partial charge is 0.466 e. The fourth-order valence-corrected chi connectivity index (χ4v) is 1.15. The zero-order valence-electron chi connectivity index (χ0n) is 6.95. The third-order valence-corrected chi connectivity index (χ3v) is 1.77. The molecule has 0 spiro atoms. The molecule has 1 rings (SSSR count). The molecular formula is C7H14ClNO3. The van der Waals surface area contributed by atoms with E-state index in [4.69, 9.17) is 4.74 Å². The normalized spacial score (nSPS) is 27.8. The Morgan fingerprint density at radius 1 is 1.67 bits per heavy atom. The van der Waals surface area contributed by atoms with Gasteiger partial charge >= 0.3 is 5.97 Å². The van der Waals surface area contributed by atoms with Crippen LogP contribution >= 0.6 is 12.4 Å². The summed E-state index contributed by atoms with van der Waals surface area (Å²) in [5, 5.41) is 12.1. The molecule has 0 amide bonds. The molecule has 0 aromatic carbocycles. The third kappa shape index (κ3) is 2.62. The van der Waals surface area contributed by atoms with E-state index in [1.54, 1.807) is 6.92 Å². The molecule has 2 unspecified atom stereocenters. The Balaban J connectivity index is 0.00000121. The van der Waals surface area contributed by atoms with Gasteiger partial charge in [0.05, 0.1) is 18.6 Å². The molecule has 0 bridgehead atoms. The highest BCUT2D eigenvalue weighted by molar-refractivity contribution is 5.85. The van der Waals surface area contributed by atoms with E-state index in [1.807, 2.05) is 0 Å². The predicted molar refractivity (Wildman–Crippen MR) is 46.2 cm³/mol. The summed E-state index contributed by atoms with van der Waals surface area (Å²) in [6, 6.07) is 0. The van der Waals surface area contributed by atoms with Gasteiger partial charge in [0.25, 0.3) is 0 Å². The fraction of sp³-hybridized carbons (Fsp3) is 0.857. The van der Waals surface area contributed by atoms with Crippen molar-refractivity contribution >= 4 is 18.4 Å². The zero-order valence-corrected chi connectivity index (χ0v) is 7.76. The van der Waals surface area contributed by atoms with Crippen LogP contribution in [0.5, 0.6) is 0 Å². The molecule has 0 aromatic rings. The minimum Gasteiger partial charge on any atom is -0.466 e. The molecule has 0 saturated carbocycles. The van der Waals surface area contributed by atoms with Crippen molar-refractivity contribution in [2.75, 3.05) is 19.7 Å². The number of hydrogen-bond acceptors (Lipinski definition) is 4. The van der Waals surface area contributed by atoms with Gasteiger partial charge in [-0.1, -0.05) is 0 Å². The van der Waals surface area contributed by atoms with Crippen LogP contribution in [0.1, 0.15) is 6.92 Å². The van der Waals surface area contributed by atoms with Gasteiger partial charge in [-0.15, -0.1) is 12.4 Å². The molecule has 1 heterocycles. The molecule has 0 radical (unpaired) electrons. The number of hydrogen-bond donors (Lipinski definition) is 2. The van der Waals surface area contributed by atoms with Gasteiger partial charge in [0.1, 0.15) is 0 Å². The Hall–Kier alpha value is -0.320. The van der Waals surface area contributed by atoms with Gasteiger partial charge in [-0.25, -0.2) is 0 Å². The molecule has 2 atom stereocenters. The summed E-state index contributed by atoms with van der Waals surface area (Å²) in [4.78, 5) is 11.0. The lowest BCUT2D eigenvalue weighted by Crippen LogP contribution is -2.28. The Kier molecular flexibility index (Phi) is 5.20. The van der Waals surface area contributed by atoms with Gasteiger partial charge in [-0.2, -0.15) is 0 Å². The van der Waals surface area contributed by atoms with Crippen LogP contribution in [0.2, 0.25) is 0 Å². The van der Waals surface area contributed by atoms with Gasteiger partial charge in [0, 0.05) is 13.1 Å². The number of ether oxygens (including phenoxy) is 1. The van der Waals surface area contributed by atoms with Crippen molar-refractivity contribution in [1.29, 1.82) is 0 Å². The molecular weight excluding hydrogens is 182 g/mol. The number of carbonyl (C=O) groups excluding carboxylic acids is 1. The molecule has 1 saturated heterocycles. The van der Waals surface area contributed by atoms with Crippen molar-refractivity contribution in [3.8, 4) is 0 Å². The first-order valence-electron chi connectivity index (χ1n) is 3.81. The van der Waals surface area contributed by atoms with Gasteiger partial charge in [-0.05, 0) is 6.92 Å². The highest BCUT2D eigenvalue weighted by Crippen LogP contribution is 2.10. The minimum absolute atomic E-state index is 0. The van der Waals surface area contributed by atoms with Gasteiger partial charge < -0.3 is 15.2 Å². The van der Waals surface area contributed by atoms with Crippen LogP contribution in [0.25, 0.3) is 0 Å². The number of rotatable bonds is 2. The third-order valence-electron chi connectivity index (χ3n) is 1.77. The van der Waals surface area contributed by atoms with Crippen molar-refractivity contribution in [2.24, 2.45) is 5.92 Å². The molecule has 1 aliphatic rings. The van der Waals surface area contributed by atoms with Gasteiger partial charge in [0.15, 0.2) is 0 Å². The van der Waals surface area contributed by atoms with E-state index in [9.17, 15) is 9.90 Å². The second kappa shape index (κ2) is 5.35. The summed E-state index contributed by atoms with van der Waals surface area (Å²) in [5.41, 5.74) is 0. The van der Waals surface area contributed by atoms with E-state index in [1.165, 1.54) is 0 Å². The van der Waals surface area contributed by atoms with Crippen LogP contribution < -0.4 is 5.32 Å². The first-order chi connectivity index (χ1) is 5.25. The van der Waals surface area contributed by atoms with Crippen molar-refractivity contribution in [3.63, 3.8) is 0 Å². The van der Waals surface area contributed by atoms with Crippen LogP contribution in [0.3, 0.4) is 0 Å². The second-order valence-corrected chi connectivity index (χ2v) is 2.58. The van der Waals surface area contributed by atoms with Crippen LogP contribution in [0.15, 0.2) is 0 Å². The molecule has 72 valence electrons. The number of carbonyl (C=O) groups is 1. The fourth-order valence-electron chi connectivity index (χ4n) is 1.15. The quantitative estimate of drug-likeness (QED) is 0.587. The molecule has 4 nitrogen and oxygen atoms in total. The van der Waals surface area contributed by atoms with Gasteiger partial charge in [0.2, 0.25) is 0 Å². The summed E-state index contributed by atoms with van der Waals surface area (Å²) >= 11 is 0. The van der Waals surface area contributed by atoms with Crippen molar-refractivity contribution in [2.45, 2.75) is 13.0 Å². The summed E-state index contributed by atoms with van der Waals surface area (Å²) in [5.74, 6) is -0.667. The van der Waals surface area contributed by atoms with E-state index >= 15 is 0 Å². The summed E-state index contributed by atoms with van der Waals surface area (Å²) in [7, 11) is 0. The lowest BCUT2D eigenvalue weighted by Gasteiger charge is -2.10. The average Bonchev–Trinajstić information content (AvgIpc) is 2.36. The van der Waals surface area contributed by atoms with Crippen LogP contribution in [-0.2, 0) is 9.53 Å². The highest BCUT2D eigenvalue weighted by Gasteiger charge is 2.32. The molecule has 12 heavy (non-hydrogen) atoms. The number of nitrogens with one attached hydrogen (secondary N) is 1. The Labute approximate surface area is 77.7 Å². The topological polar surface area (TPSA) is 58.6 Å². The van der Waals surface area contributed by atoms with Gasteiger partial charge in [-0.3, -0.25) is 4.79 Å². The van der Waals surface area contributed by atoms with Crippen molar-refractivity contribution in [3.05, 3.63) is 0 Å². The summed E-state index contributed by atoms with van der Waals surface area (Å²) in [6.45, 7) is 3.15. The summed E-state index contributed by atoms with van der Waals surface area (Å²) < 4.78 is 4.76. The molecule has 5 heteroatoms. The number of halogens is 1.